The van der Waals surface area contributed by atoms with E-state index in [1.54, 1.807) is 12.1 Å². The molecule has 80 valence electrons. The van der Waals surface area contributed by atoms with Gasteiger partial charge in [-0.15, -0.1) is 0 Å². The molecule has 0 saturated carbocycles. The fourth-order valence-corrected chi connectivity index (χ4v) is 1.58. The second kappa shape index (κ2) is 4.87. The highest BCUT2D eigenvalue weighted by Crippen LogP contribution is 2.14. The van der Waals surface area contributed by atoms with Crippen LogP contribution >= 0.6 is 0 Å². The Morgan fingerprint density at radius 1 is 1.20 bits per heavy atom. The summed E-state index contributed by atoms with van der Waals surface area (Å²) in [7, 11) is 0. The van der Waals surface area contributed by atoms with Crippen molar-refractivity contribution in [2.24, 2.45) is 5.92 Å². The van der Waals surface area contributed by atoms with Gasteiger partial charge < -0.3 is 0 Å². The standard InChI is InChI=1S/C13H16O2/c1-4-12(10(3)14)13(15)11-7-5-9(2)6-8-11/h5-8,12H,4H2,1-3H3. The van der Waals surface area contributed by atoms with Crippen molar-refractivity contribution in [2.45, 2.75) is 27.2 Å². The summed E-state index contributed by atoms with van der Waals surface area (Å²) in [4.78, 5) is 23.1. The van der Waals surface area contributed by atoms with Crippen molar-refractivity contribution < 1.29 is 9.59 Å². The topological polar surface area (TPSA) is 34.1 Å². The monoisotopic (exact) mass is 204 g/mol. The van der Waals surface area contributed by atoms with Crippen LogP contribution in [0.25, 0.3) is 0 Å². The van der Waals surface area contributed by atoms with Crippen LogP contribution in [0.1, 0.15) is 36.2 Å². The molecule has 0 saturated heterocycles. The number of ketones is 2. The average Bonchev–Trinajstić information content (AvgIpc) is 2.19. The molecule has 0 bridgehead atoms. The van der Waals surface area contributed by atoms with E-state index in [0.29, 0.717) is 12.0 Å². The maximum atomic E-state index is 11.9. The van der Waals surface area contributed by atoms with Crippen LogP contribution in [0.2, 0.25) is 0 Å². The minimum atomic E-state index is -0.479. The number of hydrogen-bond acceptors (Lipinski definition) is 2. The zero-order chi connectivity index (χ0) is 11.4. The molecule has 0 aliphatic carbocycles. The number of rotatable bonds is 4. The van der Waals surface area contributed by atoms with Gasteiger partial charge in [0.15, 0.2) is 5.78 Å². The van der Waals surface area contributed by atoms with Crippen LogP contribution in [0.4, 0.5) is 0 Å². The molecule has 2 nitrogen and oxygen atoms in total. The van der Waals surface area contributed by atoms with Gasteiger partial charge in [0.2, 0.25) is 0 Å². The molecule has 0 radical (unpaired) electrons. The Labute approximate surface area is 90.3 Å². The molecular weight excluding hydrogens is 188 g/mol. The molecule has 0 aromatic heterocycles. The Morgan fingerprint density at radius 3 is 2.13 bits per heavy atom. The highest BCUT2D eigenvalue weighted by atomic mass is 16.1. The van der Waals surface area contributed by atoms with E-state index in [2.05, 4.69) is 0 Å². The minimum absolute atomic E-state index is 0.0527. The normalized spacial score (nSPS) is 12.2. The second-order valence-electron chi connectivity index (χ2n) is 3.80. The maximum Gasteiger partial charge on any atom is 0.173 e. The van der Waals surface area contributed by atoms with Crippen LogP contribution in [0.15, 0.2) is 24.3 Å². The van der Waals surface area contributed by atoms with Crippen molar-refractivity contribution in [2.75, 3.05) is 0 Å². The fourth-order valence-electron chi connectivity index (χ4n) is 1.58. The lowest BCUT2D eigenvalue weighted by molar-refractivity contribution is -0.119. The first-order valence-electron chi connectivity index (χ1n) is 5.17. The Kier molecular flexibility index (Phi) is 3.78. The third kappa shape index (κ3) is 2.75. The Bertz CT molecular complexity index is 363. The van der Waals surface area contributed by atoms with Crippen molar-refractivity contribution >= 4 is 11.6 Å². The van der Waals surface area contributed by atoms with Crippen LogP contribution in [-0.4, -0.2) is 11.6 Å². The van der Waals surface area contributed by atoms with Crippen molar-refractivity contribution in [3.05, 3.63) is 35.4 Å². The molecule has 0 heterocycles. The van der Waals surface area contributed by atoms with Gasteiger partial charge in [0.05, 0.1) is 5.92 Å². The molecule has 0 aliphatic heterocycles. The van der Waals surface area contributed by atoms with Crippen molar-refractivity contribution in [1.82, 2.24) is 0 Å². The third-order valence-corrected chi connectivity index (χ3v) is 2.55. The summed E-state index contributed by atoms with van der Waals surface area (Å²) in [6.45, 7) is 5.30. The molecule has 1 atom stereocenters. The van der Waals surface area contributed by atoms with Gasteiger partial charge >= 0.3 is 0 Å². The van der Waals surface area contributed by atoms with E-state index in [1.807, 2.05) is 26.0 Å². The van der Waals surface area contributed by atoms with Gasteiger partial charge in [0.25, 0.3) is 0 Å². The molecule has 0 aliphatic rings. The van der Waals surface area contributed by atoms with Gasteiger partial charge in [-0.05, 0) is 20.3 Å². The number of Topliss-reactive ketones (excluding diaryl/α,β-unsaturated/α-hetero) is 2. The molecule has 1 rings (SSSR count). The second-order valence-corrected chi connectivity index (χ2v) is 3.80. The zero-order valence-electron chi connectivity index (χ0n) is 9.41. The van der Waals surface area contributed by atoms with Gasteiger partial charge in [0, 0.05) is 5.56 Å². The predicted octanol–water partition coefficient (Wildman–Crippen LogP) is 2.79. The first-order valence-corrected chi connectivity index (χ1v) is 5.17. The van der Waals surface area contributed by atoms with Gasteiger partial charge in [-0.1, -0.05) is 36.8 Å². The fraction of sp³-hybridized carbons (Fsp3) is 0.385. The summed E-state index contributed by atoms with van der Waals surface area (Å²) < 4.78 is 0. The highest BCUT2D eigenvalue weighted by Gasteiger charge is 2.21. The van der Waals surface area contributed by atoms with E-state index in [-0.39, 0.29) is 11.6 Å². The van der Waals surface area contributed by atoms with E-state index in [4.69, 9.17) is 0 Å². The lowest BCUT2D eigenvalue weighted by Gasteiger charge is -2.09. The van der Waals surface area contributed by atoms with Crippen LogP contribution in [-0.2, 0) is 4.79 Å². The van der Waals surface area contributed by atoms with E-state index in [1.165, 1.54) is 6.92 Å². The molecule has 2 heteroatoms. The van der Waals surface area contributed by atoms with Crippen molar-refractivity contribution in [1.29, 1.82) is 0 Å². The molecule has 0 fully saturated rings. The summed E-state index contributed by atoms with van der Waals surface area (Å²) in [5, 5.41) is 0. The zero-order valence-corrected chi connectivity index (χ0v) is 9.41. The molecule has 0 N–H and O–H groups in total. The molecule has 15 heavy (non-hydrogen) atoms. The minimum Gasteiger partial charge on any atom is -0.299 e. The lowest BCUT2D eigenvalue weighted by atomic mass is 9.92. The Hall–Kier alpha value is -1.44. The van der Waals surface area contributed by atoms with Gasteiger partial charge in [-0.2, -0.15) is 0 Å². The smallest absolute Gasteiger partial charge is 0.173 e. The first-order chi connectivity index (χ1) is 7.06. The SMILES string of the molecule is CCC(C(C)=O)C(=O)c1ccc(C)cc1. The summed E-state index contributed by atoms with van der Waals surface area (Å²) in [6, 6.07) is 7.34. The summed E-state index contributed by atoms with van der Waals surface area (Å²) in [6.07, 6.45) is 0.571. The molecule has 0 spiro atoms. The molecule has 0 amide bonds. The quantitative estimate of drug-likeness (QED) is 0.558. The number of aryl methyl sites for hydroxylation is 1. The largest absolute Gasteiger partial charge is 0.299 e. The maximum absolute atomic E-state index is 11.9. The summed E-state index contributed by atoms with van der Waals surface area (Å²) in [5.74, 6) is -0.596. The van der Waals surface area contributed by atoms with Gasteiger partial charge in [-0.25, -0.2) is 0 Å². The van der Waals surface area contributed by atoms with Crippen LogP contribution in [0.3, 0.4) is 0 Å². The number of carbonyl (C=O) groups excluding carboxylic acids is 2. The van der Waals surface area contributed by atoms with E-state index >= 15 is 0 Å². The highest BCUT2D eigenvalue weighted by molar-refractivity contribution is 6.09. The summed E-state index contributed by atoms with van der Waals surface area (Å²) >= 11 is 0. The van der Waals surface area contributed by atoms with E-state index < -0.39 is 5.92 Å². The van der Waals surface area contributed by atoms with Crippen molar-refractivity contribution in [3.63, 3.8) is 0 Å². The van der Waals surface area contributed by atoms with E-state index in [0.717, 1.165) is 5.56 Å². The number of hydrogen-bond donors (Lipinski definition) is 0. The van der Waals surface area contributed by atoms with Crippen LogP contribution < -0.4 is 0 Å². The van der Waals surface area contributed by atoms with Gasteiger partial charge in [-0.3, -0.25) is 9.59 Å². The van der Waals surface area contributed by atoms with Crippen LogP contribution in [0.5, 0.6) is 0 Å². The third-order valence-electron chi connectivity index (χ3n) is 2.55. The van der Waals surface area contributed by atoms with Crippen LogP contribution in [0, 0.1) is 12.8 Å². The Balaban J connectivity index is 2.93. The first kappa shape index (κ1) is 11.6. The van der Waals surface area contributed by atoms with Gasteiger partial charge in [0.1, 0.15) is 5.78 Å². The number of benzene rings is 1. The molecule has 1 aromatic carbocycles. The lowest BCUT2D eigenvalue weighted by Crippen LogP contribution is -2.21. The van der Waals surface area contributed by atoms with E-state index in [9.17, 15) is 9.59 Å². The predicted molar refractivity (Wildman–Crippen MR) is 60.0 cm³/mol. The molecule has 1 aromatic rings. The summed E-state index contributed by atoms with van der Waals surface area (Å²) in [5.41, 5.74) is 1.74. The molecule has 1 unspecified atom stereocenters. The van der Waals surface area contributed by atoms with Crippen molar-refractivity contribution in [3.8, 4) is 0 Å². The number of carbonyl (C=O) groups is 2. The molecular formula is C13H16O2. The average molecular weight is 204 g/mol. The Morgan fingerprint density at radius 2 is 1.73 bits per heavy atom.